The van der Waals surface area contributed by atoms with E-state index in [1.807, 2.05) is 24.3 Å². The van der Waals surface area contributed by atoms with E-state index in [0.29, 0.717) is 6.04 Å². The van der Waals surface area contributed by atoms with Crippen molar-refractivity contribution in [3.8, 4) is 5.75 Å². The van der Waals surface area contributed by atoms with Gasteiger partial charge in [0.2, 0.25) is 0 Å². The highest BCUT2D eigenvalue weighted by Gasteiger charge is 2.14. The topological polar surface area (TPSA) is 21.3 Å². The first-order chi connectivity index (χ1) is 8.74. The van der Waals surface area contributed by atoms with Gasteiger partial charge in [0.15, 0.2) is 0 Å². The molecule has 100 valence electrons. The third-order valence-corrected chi connectivity index (χ3v) is 3.67. The van der Waals surface area contributed by atoms with Crippen LogP contribution in [0.4, 0.5) is 0 Å². The van der Waals surface area contributed by atoms with Crippen LogP contribution < -0.4 is 10.1 Å². The van der Waals surface area contributed by atoms with E-state index in [1.54, 1.807) is 0 Å². The van der Waals surface area contributed by atoms with Crippen molar-refractivity contribution in [1.29, 1.82) is 0 Å². The molecule has 3 heteroatoms. The first-order valence-electron chi connectivity index (χ1n) is 6.89. The highest BCUT2D eigenvalue weighted by Crippen LogP contribution is 2.19. The van der Waals surface area contributed by atoms with E-state index in [1.165, 1.54) is 32.1 Å². The number of rotatable bonds is 5. The standard InChI is InChI=1S/C15H22ClNO/c1-12(11-17-14-7-3-2-4-8-14)18-15-9-5-6-13(16)10-15/h5-6,9-10,12,14,17H,2-4,7-8,11H2,1H3. The van der Waals surface area contributed by atoms with Crippen molar-refractivity contribution >= 4 is 11.6 Å². The first kappa shape index (κ1) is 13.7. The first-order valence-corrected chi connectivity index (χ1v) is 7.27. The monoisotopic (exact) mass is 267 g/mol. The summed E-state index contributed by atoms with van der Waals surface area (Å²) in [4.78, 5) is 0. The zero-order chi connectivity index (χ0) is 12.8. The van der Waals surface area contributed by atoms with Gasteiger partial charge >= 0.3 is 0 Å². The predicted octanol–water partition coefficient (Wildman–Crippen LogP) is 4.03. The van der Waals surface area contributed by atoms with Gasteiger partial charge in [-0.3, -0.25) is 0 Å². The second-order valence-electron chi connectivity index (χ2n) is 5.13. The van der Waals surface area contributed by atoms with Crippen LogP contribution in [0.5, 0.6) is 5.75 Å². The van der Waals surface area contributed by atoms with Gasteiger partial charge < -0.3 is 10.1 Å². The summed E-state index contributed by atoms with van der Waals surface area (Å²) < 4.78 is 5.84. The molecule has 0 aliphatic heterocycles. The molecule has 18 heavy (non-hydrogen) atoms. The highest BCUT2D eigenvalue weighted by molar-refractivity contribution is 6.30. The van der Waals surface area contributed by atoms with Crippen molar-refractivity contribution in [2.75, 3.05) is 6.54 Å². The lowest BCUT2D eigenvalue weighted by atomic mass is 9.95. The van der Waals surface area contributed by atoms with Gasteiger partial charge in [-0.05, 0) is 38.0 Å². The van der Waals surface area contributed by atoms with Crippen LogP contribution in [0.25, 0.3) is 0 Å². The number of halogens is 1. The molecule has 0 bridgehead atoms. The minimum Gasteiger partial charge on any atom is -0.489 e. The molecule has 1 fully saturated rings. The fourth-order valence-electron chi connectivity index (χ4n) is 2.45. The van der Waals surface area contributed by atoms with Gasteiger partial charge in [-0.15, -0.1) is 0 Å². The van der Waals surface area contributed by atoms with Crippen LogP contribution in [-0.4, -0.2) is 18.7 Å². The van der Waals surface area contributed by atoms with Gasteiger partial charge in [-0.25, -0.2) is 0 Å². The molecule has 0 amide bonds. The third-order valence-electron chi connectivity index (χ3n) is 3.43. The molecule has 1 saturated carbocycles. The maximum absolute atomic E-state index is 5.93. The van der Waals surface area contributed by atoms with Crippen molar-refractivity contribution in [3.05, 3.63) is 29.3 Å². The Balaban J connectivity index is 1.72. The molecule has 1 aromatic rings. The zero-order valence-electron chi connectivity index (χ0n) is 11.0. The molecule has 1 N–H and O–H groups in total. The second-order valence-corrected chi connectivity index (χ2v) is 5.57. The Hall–Kier alpha value is -0.730. The van der Waals surface area contributed by atoms with Crippen molar-refractivity contribution in [1.82, 2.24) is 5.32 Å². The van der Waals surface area contributed by atoms with Crippen LogP contribution >= 0.6 is 11.6 Å². The fraction of sp³-hybridized carbons (Fsp3) is 0.600. The van der Waals surface area contributed by atoms with E-state index >= 15 is 0 Å². The average molecular weight is 268 g/mol. The lowest BCUT2D eigenvalue weighted by Crippen LogP contribution is -2.37. The van der Waals surface area contributed by atoms with Crippen LogP contribution in [-0.2, 0) is 0 Å². The Kier molecular flexibility index (Phi) is 5.33. The predicted molar refractivity (Wildman–Crippen MR) is 76.4 cm³/mol. The van der Waals surface area contributed by atoms with E-state index < -0.39 is 0 Å². The number of ether oxygens (including phenoxy) is 1. The number of hydrogen-bond acceptors (Lipinski definition) is 2. The van der Waals surface area contributed by atoms with E-state index in [0.717, 1.165) is 17.3 Å². The fourth-order valence-corrected chi connectivity index (χ4v) is 2.63. The summed E-state index contributed by atoms with van der Waals surface area (Å²) in [6.07, 6.45) is 6.91. The number of benzene rings is 1. The summed E-state index contributed by atoms with van der Waals surface area (Å²) in [7, 11) is 0. The van der Waals surface area contributed by atoms with Gasteiger partial charge in [0.05, 0.1) is 0 Å². The third kappa shape index (κ3) is 4.51. The minimum absolute atomic E-state index is 0.172. The Morgan fingerprint density at radius 3 is 2.83 bits per heavy atom. The van der Waals surface area contributed by atoms with Gasteiger partial charge in [0, 0.05) is 17.6 Å². The molecule has 2 nitrogen and oxygen atoms in total. The summed E-state index contributed by atoms with van der Waals surface area (Å²) in [5.74, 6) is 0.848. The molecule has 1 aliphatic carbocycles. The van der Waals surface area contributed by atoms with Crippen LogP contribution in [0.1, 0.15) is 39.0 Å². The summed E-state index contributed by atoms with van der Waals surface area (Å²) in [5, 5.41) is 4.32. The lowest BCUT2D eigenvalue weighted by molar-refractivity contribution is 0.205. The highest BCUT2D eigenvalue weighted by atomic mass is 35.5. The molecule has 1 atom stereocenters. The molecule has 0 heterocycles. The van der Waals surface area contributed by atoms with E-state index in [4.69, 9.17) is 16.3 Å². The van der Waals surface area contributed by atoms with E-state index in [-0.39, 0.29) is 6.10 Å². The second kappa shape index (κ2) is 7.01. The van der Waals surface area contributed by atoms with Crippen molar-refractivity contribution in [2.45, 2.75) is 51.2 Å². The molecule has 1 unspecified atom stereocenters. The van der Waals surface area contributed by atoms with Gasteiger partial charge in [-0.2, -0.15) is 0 Å². The van der Waals surface area contributed by atoms with Crippen LogP contribution in [0, 0.1) is 0 Å². The molecule has 1 aromatic carbocycles. The SMILES string of the molecule is CC(CNC1CCCCC1)Oc1cccc(Cl)c1. The van der Waals surface area contributed by atoms with E-state index in [2.05, 4.69) is 12.2 Å². The summed E-state index contributed by atoms with van der Waals surface area (Å²) in [6.45, 7) is 2.99. The molecular formula is C15H22ClNO. The molecule has 1 aliphatic rings. The van der Waals surface area contributed by atoms with Gasteiger partial charge in [0.25, 0.3) is 0 Å². The molecule has 0 saturated heterocycles. The summed E-state index contributed by atoms with van der Waals surface area (Å²) in [5.41, 5.74) is 0. The number of hydrogen-bond donors (Lipinski definition) is 1. The largest absolute Gasteiger partial charge is 0.489 e. The molecular weight excluding hydrogens is 246 g/mol. The average Bonchev–Trinajstić information content (AvgIpc) is 2.38. The molecule has 0 radical (unpaired) electrons. The van der Waals surface area contributed by atoms with Crippen LogP contribution in [0.15, 0.2) is 24.3 Å². The Morgan fingerprint density at radius 2 is 2.11 bits per heavy atom. The Bertz CT molecular complexity index is 363. The maximum atomic E-state index is 5.93. The summed E-state index contributed by atoms with van der Waals surface area (Å²) >= 11 is 5.93. The zero-order valence-corrected chi connectivity index (χ0v) is 11.7. The van der Waals surface area contributed by atoms with E-state index in [9.17, 15) is 0 Å². The number of nitrogens with one attached hydrogen (secondary N) is 1. The normalized spacial score (nSPS) is 18.6. The van der Waals surface area contributed by atoms with Crippen molar-refractivity contribution < 1.29 is 4.74 Å². The van der Waals surface area contributed by atoms with Crippen LogP contribution in [0.3, 0.4) is 0 Å². The van der Waals surface area contributed by atoms with Crippen molar-refractivity contribution in [2.24, 2.45) is 0 Å². The quantitative estimate of drug-likeness (QED) is 0.870. The van der Waals surface area contributed by atoms with Gasteiger partial charge in [0.1, 0.15) is 11.9 Å². The molecule has 2 rings (SSSR count). The Labute approximate surface area is 115 Å². The smallest absolute Gasteiger partial charge is 0.121 e. The van der Waals surface area contributed by atoms with Crippen LogP contribution in [0.2, 0.25) is 5.02 Å². The maximum Gasteiger partial charge on any atom is 0.121 e. The summed E-state index contributed by atoms with van der Waals surface area (Å²) in [6, 6.07) is 8.27. The lowest BCUT2D eigenvalue weighted by Gasteiger charge is -2.25. The van der Waals surface area contributed by atoms with Gasteiger partial charge in [-0.1, -0.05) is 36.9 Å². The molecule has 0 aromatic heterocycles. The Morgan fingerprint density at radius 1 is 1.33 bits per heavy atom. The van der Waals surface area contributed by atoms with Crippen molar-refractivity contribution in [3.63, 3.8) is 0 Å². The molecule has 0 spiro atoms. The minimum atomic E-state index is 0.172.